The molecule has 0 atom stereocenters. The van der Waals surface area contributed by atoms with Gasteiger partial charge < -0.3 is 5.32 Å². The molecule has 0 fully saturated rings. The van der Waals surface area contributed by atoms with Gasteiger partial charge in [-0.2, -0.15) is 26.3 Å². The average molecular weight is 289 g/mol. The number of carbonyl (C=O) groups is 1. The monoisotopic (exact) mass is 289 g/mol. The molecule has 2 nitrogen and oxygen atoms in total. The fourth-order valence-electron chi connectivity index (χ4n) is 0.977. The van der Waals surface area contributed by atoms with Gasteiger partial charge >= 0.3 is 17.6 Å². The van der Waals surface area contributed by atoms with Gasteiger partial charge in [-0.25, -0.2) is 0 Å². The van der Waals surface area contributed by atoms with E-state index in [9.17, 15) is 31.1 Å². The van der Waals surface area contributed by atoms with Crippen LogP contribution in [0.2, 0.25) is 0 Å². The Morgan fingerprint density at radius 2 is 1.61 bits per heavy atom. The van der Waals surface area contributed by atoms with Crippen LogP contribution in [0.3, 0.4) is 0 Å². The molecule has 100 valence electrons. The van der Waals surface area contributed by atoms with E-state index in [0.717, 1.165) is 12.1 Å². The number of benzene rings is 1. The molecule has 1 rings (SSSR count). The molecule has 0 bridgehead atoms. The van der Waals surface area contributed by atoms with Gasteiger partial charge in [-0.3, -0.25) is 4.79 Å². The molecule has 1 aromatic carbocycles. The topological polar surface area (TPSA) is 29.1 Å². The van der Waals surface area contributed by atoms with E-state index < -0.39 is 39.9 Å². The van der Waals surface area contributed by atoms with Crippen LogP contribution in [0.4, 0.5) is 32.0 Å². The van der Waals surface area contributed by atoms with E-state index in [2.05, 4.69) is 0 Å². The Balaban J connectivity index is 2.93. The van der Waals surface area contributed by atoms with E-state index >= 15 is 0 Å². The van der Waals surface area contributed by atoms with Crippen molar-refractivity contribution >= 4 is 23.4 Å². The van der Waals surface area contributed by atoms with Crippen molar-refractivity contribution in [2.24, 2.45) is 0 Å². The van der Waals surface area contributed by atoms with Crippen LogP contribution in [0.5, 0.6) is 0 Å². The summed E-state index contributed by atoms with van der Waals surface area (Å²) >= 11 is -0.602. The quantitative estimate of drug-likeness (QED) is 0.663. The minimum atomic E-state index is -5.16. The normalized spacial score (nSPS) is 12.3. The number of carbonyl (C=O) groups excluding carboxylic acids is 1. The van der Waals surface area contributed by atoms with Crippen LogP contribution in [0.15, 0.2) is 29.2 Å². The molecule has 9 heteroatoms. The van der Waals surface area contributed by atoms with Gasteiger partial charge in [0, 0.05) is 4.90 Å². The smallest absolute Gasteiger partial charge is 0.317 e. The molecule has 18 heavy (non-hydrogen) atoms. The third kappa shape index (κ3) is 4.47. The van der Waals surface area contributed by atoms with Crippen molar-refractivity contribution in [1.82, 2.24) is 0 Å². The van der Waals surface area contributed by atoms with Crippen molar-refractivity contribution in [3.05, 3.63) is 24.3 Å². The number of para-hydroxylation sites is 1. The number of anilines is 1. The molecule has 0 heterocycles. The molecule has 0 saturated heterocycles. The minimum absolute atomic E-state index is 0.511. The van der Waals surface area contributed by atoms with Crippen LogP contribution in [0.25, 0.3) is 0 Å². The second kappa shape index (κ2) is 5.09. The summed E-state index contributed by atoms with van der Waals surface area (Å²) in [5.41, 5.74) is -5.19. The maximum Gasteiger partial charge on any atom is 0.471 e. The molecule has 0 spiro atoms. The van der Waals surface area contributed by atoms with Crippen LogP contribution in [0.1, 0.15) is 0 Å². The molecule has 0 aliphatic rings. The van der Waals surface area contributed by atoms with E-state index in [-0.39, 0.29) is 0 Å². The highest BCUT2D eigenvalue weighted by Gasteiger charge is 2.39. The third-order valence-electron chi connectivity index (χ3n) is 1.62. The highest BCUT2D eigenvalue weighted by Crippen LogP contribution is 2.40. The third-order valence-corrected chi connectivity index (χ3v) is 2.43. The Bertz CT molecular complexity index is 441. The van der Waals surface area contributed by atoms with Gasteiger partial charge in [0.05, 0.1) is 5.69 Å². The summed E-state index contributed by atoms with van der Waals surface area (Å²) in [7, 11) is 0. The lowest BCUT2D eigenvalue weighted by atomic mass is 10.3. The SMILES string of the molecule is O=C(Nc1ccccc1SC(F)(F)F)C(F)(F)F. The van der Waals surface area contributed by atoms with Crippen molar-refractivity contribution in [2.75, 3.05) is 5.32 Å². The number of halogens is 6. The minimum Gasteiger partial charge on any atom is -0.317 e. The Hall–Kier alpha value is -1.38. The largest absolute Gasteiger partial charge is 0.471 e. The van der Waals surface area contributed by atoms with E-state index in [0.29, 0.717) is 0 Å². The Morgan fingerprint density at radius 3 is 2.11 bits per heavy atom. The van der Waals surface area contributed by atoms with Crippen molar-refractivity contribution in [3.63, 3.8) is 0 Å². The van der Waals surface area contributed by atoms with Crippen molar-refractivity contribution in [1.29, 1.82) is 0 Å². The molecule has 0 aliphatic heterocycles. The van der Waals surface area contributed by atoms with Gasteiger partial charge in [0.2, 0.25) is 0 Å². The summed E-state index contributed by atoms with van der Waals surface area (Å²) in [5, 5.41) is 1.39. The van der Waals surface area contributed by atoms with E-state index in [1.165, 1.54) is 17.4 Å². The number of hydrogen-bond acceptors (Lipinski definition) is 2. The molecule has 0 aromatic heterocycles. The van der Waals surface area contributed by atoms with Crippen LogP contribution < -0.4 is 5.32 Å². The molecular weight excluding hydrogens is 284 g/mol. The predicted octanol–water partition coefficient (Wildman–Crippen LogP) is 3.80. The van der Waals surface area contributed by atoms with Crippen LogP contribution in [0, 0.1) is 0 Å². The van der Waals surface area contributed by atoms with Gasteiger partial charge in [-0.15, -0.1) is 0 Å². The van der Waals surface area contributed by atoms with Gasteiger partial charge in [0.25, 0.3) is 0 Å². The first-order valence-electron chi connectivity index (χ1n) is 4.32. The van der Waals surface area contributed by atoms with Crippen LogP contribution in [-0.2, 0) is 4.79 Å². The molecule has 0 saturated carbocycles. The first kappa shape index (κ1) is 14.7. The van der Waals surface area contributed by atoms with Gasteiger partial charge in [0.1, 0.15) is 0 Å². The highest BCUT2D eigenvalue weighted by molar-refractivity contribution is 8.00. The standard InChI is InChI=1S/C9H5F6NOS/c10-8(11,12)7(17)16-5-3-1-2-4-6(5)18-9(13,14)15/h1-4H,(H,16,17). The molecular formula is C9H5F6NOS. The number of rotatable bonds is 2. The summed E-state index contributed by atoms with van der Waals surface area (Å²) in [4.78, 5) is 10.1. The van der Waals surface area contributed by atoms with Gasteiger partial charge in [0.15, 0.2) is 0 Å². The molecule has 0 unspecified atom stereocenters. The Labute approximate surface area is 101 Å². The number of amides is 1. The van der Waals surface area contributed by atoms with Crippen LogP contribution in [-0.4, -0.2) is 17.6 Å². The maximum absolute atomic E-state index is 12.1. The lowest BCUT2D eigenvalue weighted by Gasteiger charge is -2.12. The molecule has 0 radical (unpaired) electrons. The predicted molar refractivity (Wildman–Crippen MR) is 53.0 cm³/mol. The summed E-state index contributed by atoms with van der Waals surface area (Å²) in [5.74, 6) is -2.32. The first-order chi connectivity index (χ1) is 8.09. The fourth-order valence-corrected chi connectivity index (χ4v) is 1.60. The summed E-state index contributed by atoms with van der Waals surface area (Å²) in [6, 6.07) is 4.35. The summed E-state index contributed by atoms with van der Waals surface area (Å²) in [6.45, 7) is 0. The zero-order valence-corrected chi connectivity index (χ0v) is 9.21. The number of hydrogen-bond donors (Lipinski definition) is 1. The van der Waals surface area contributed by atoms with E-state index in [1.54, 1.807) is 0 Å². The van der Waals surface area contributed by atoms with Crippen molar-refractivity contribution < 1.29 is 31.1 Å². The zero-order chi connectivity index (χ0) is 14.0. The molecule has 1 amide bonds. The highest BCUT2D eigenvalue weighted by atomic mass is 32.2. The summed E-state index contributed by atoms with van der Waals surface area (Å²) < 4.78 is 72.3. The van der Waals surface area contributed by atoms with E-state index in [1.807, 2.05) is 0 Å². The lowest BCUT2D eigenvalue weighted by molar-refractivity contribution is -0.167. The molecule has 1 N–H and O–H groups in total. The fraction of sp³-hybridized carbons (Fsp3) is 0.222. The second-order valence-electron chi connectivity index (χ2n) is 3.00. The molecule has 0 aliphatic carbocycles. The zero-order valence-electron chi connectivity index (χ0n) is 8.39. The van der Waals surface area contributed by atoms with Crippen molar-refractivity contribution in [3.8, 4) is 0 Å². The van der Waals surface area contributed by atoms with E-state index in [4.69, 9.17) is 0 Å². The lowest BCUT2D eigenvalue weighted by Crippen LogP contribution is -2.30. The van der Waals surface area contributed by atoms with Crippen LogP contribution >= 0.6 is 11.8 Å². The summed E-state index contributed by atoms with van der Waals surface area (Å²) in [6.07, 6.45) is -5.16. The maximum atomic E-state index is 12.1. The van der Waals surface area contributed by atoms with Gasteiger partial charge in [-0.05, 0) is 23.9 Å². The number of thioether (sulfide) groups is 1. The van der Waals surface area contributed by atoms with Crippen molar-refractivity contribution in [2.45, 2.75) is 16.6 Å². The number of alkyl halides is 6. The average Bonchev–Trinajstić information content (AvgIpc) is 2.17. The van der Waals surface area contributed by atoms with Gasteiger partial charge in [-0.1, -0.05) is 12.1 Å². The first-order valence-corrected chi connectivity index (χ1v) is 5.14. The molecule has 1 aromatic rings. The number of nitrogens with one attached hydrogen (secondary N) is 1. The Morgan fingerprint density at radius 1 is 1.06 bits per heavy atom. The Kier molecular flexibility index (Phi) is 4.15. The second-order valence-corrected chi connectivity index (χ2v) is 4.10.